The van der Waals surface area contributed by atoms with E-state index in [9.17, 15) is 20.1 Å². The predicted octanol–water partition coefficient (Wildman–Crippen LogP) is 0.356. The Morgan fingerprint density at radius 2 is 1.91 bits per heavy atom. The number of carboxylic acids is 1. The molecule has 7 heteroatoms. The molecule has 0 aromatic carbocycles. The minimum Gasteiger partial charge on any atom is -0.479 e. The van der Waals surface area contributed by atoms with Crippen LogP contribution in [0.25, 0.3) is 0 Å². The van der Waals surface area contributed by atoms with Crippen LogP contribution in [0.1, 0.15) is 45.5 Å². The highest BCUT2D eigenvalue weighted by Gasteiger charge is 2.48. The van der Waals surface area contributed by atoms with Gasteiger partial charge in [-0.25, -0.2) is 4.79 Å². The number of ether oxygens (including phenoxy) is 2. The number of rotatable bonds is 4. The lowest BCUT2D eigenvalue weighted by Crippen LogP contribution is -2.61. The molecular weight excluding hydrogens is 304 g/mol. The first-order valence-corrected chi connectivity index (χ1v) is 7.81. The quantitative estimate of drug-likeness (QED) is 0.585. The van der Waals surface area contributed by atoms with E-state index in [0.29, 0.717) is 6.42 Å². The van der Waals surface area contributed by atoms with E-state index in [0.717, 1.165) is 0 Å². The topological polar surface area (TPSA) is 116 Å². The van der Waals surface area contributed by atoms with Crippen LogP contribution in [0.15, 0.2) is 0 Å². The molecule has 7 nitrogen and oxygen atoms in total. The first-order valence-electron chi connectivity index (χ1n) is 9.81. The fraction of sp³-hybridized carbons (Fsp3) is 0.938. The molecule has 0 radical (unpaired) electrons. The largest absolute Gasteiger partial charge is 0.479 e. The highest BCUT2D eigenvalue weighted by atomic mass is 16.7. The van der Waals surface area contributed by atoms with E-state index < -0.39 is 66.9 Å². The molecule has 0 aromatic rings. The van der Waals surface area contributed by atoms with Gasteiger partial charge in [-0.15, -0.1) is 0 Å². The van der Waals surface area contributed by atoms with Crippen molar-refractivity contribution in [3.8, 4) is 0 Å². The molecular formula is C16H28O7. The van der Waals surface area contributed by atoms with Crippen LogP contribution >= 0.6 is 0 Å². The maximum absolute atomic E-state index is 11.3. The summed E-state index contributed by atoms with van der Waals surface area (Å²) in [5.74, 6) is -4.46. The van der Waals surface area contributed by atoms with E-state index in [1.165, 1.54) is 0 Å². The molecule has 8 atom stereocenters. The van der Waals surface area contributed by atoms with Crippen LogP contribution in [0.2, 0.25) is 0 Å². The van der Waals surface area contributed by atoms with Crippen molar-refractivity contribution in [1.82, 2.24) is 0 Å². The molecule has 2 unspecified atom stereocenters. The molecule has 2 fully saturated rings. The Labute approximate surface area is 141 Å². The van der Waals surface area contributed by atoms with Crippen molar-refractivity contribution in [3.05, 3.63) is 0 Å². The third kappa shape index (κ3) is 4.03. The lowest BCUT2D eigenvalue weighted by Gasteiger charge is -2.43. The van der Waals surface area contributed by atoms with Crippen LogP contribution in [0.3, 0.4) is 0 Å². The average Bonchev–Trinajstić information content (AvgIpc) is 2.57. The van der Waals surface area contributed by atoms with Crippen molar-refractivity contribution in [1.29, 1.82) is 0 Å². The number of aliphatic hydroxyl groups excluding tert-OH is 3. The van der Waals surface area contributed by atoms with Gasteiger partial charge in [0.15, 0.2) is 12.4 Å². The number of hydrogen-bond donors (Lipinski definition) is 4. The molecule has 4 N–H and O–H groups in total. The Hall–Kier alpha value is -0.730. The second-order valence-corrected chi connectivity index (χ2v) is 6.45. The summed E-state index contributed by atoms with van der Waals surface area (Å²) in [6.07, 6.45) is -13.9. The van der Waals surface area contributed by atoms with Crippen molar-refractivity contribution in [2.24, 2.45) is 17.7 Å². The number of carboxylic acid groups (broad SMARTS) is 1. The minimum atomic E-state index is -2.51. The molecule has 1 saturated carbocycles. The summed E-state index contributed by atoms with van der Waals surface area (Å²) in [4.78, 5) is 11.3. The van der Waals surface area contributed by atoms with Crippen molar-refractivity contribution >= 4 is 5.97 Å². The number of carbonyl (C=O) groups is 1. The van der Waals surface area contributed by atoms with E-state index >= 15 is 0 Å². The normalized spacial score (nSPS) is 56.3. The highest BCUT2D eigenvalue weighted by Crippen LogP contribution is 2.37. The number of hydrogen-bond acceptors (Lipinski definition) is 6. The SMILES string of the molecule is [2H]C1([2H])[C@H](C)CC[C@@]([2H])(C(C)C)[C@]1([2H])O[C@@H]1O[C@H](C(=O)O)[C@@H](O)C(O)C1O. The Morgan fingerprint density at radius 1 is 1.26 bits per heavy atom. The Morgan fingerprint density at radius 3 is 2.48 bits per heavy atom. The lowest BCUT2D eigenvalue weighted by atomic mass is 9.75. The molecule has 1 aliphatic carbocycles. The van der Waals surface area contributed by atoms with Crippen LogP contribution in [0, 0.1) is 17.7 Å². The van der Waals surface area contributed by atoms with Gasteiger partial charge in [-0.2, -0.15) is 0 Å². The zero-order valence-corrected chi connectivity index (χ0v) is 13.5. The number of aliphatic hydroxyl groups is 3. The summed E-state index contributed by atoms with van der Waals surface area (Å²) in [6, 6.07) is 0. The summed E-state index contributed by atoms with van der Waals surface area (Å²) in [7, 11) is 0. The van der Waals surface area contributed by atoms with E-state index in [1.54, 1.807) is 20.8 Å². The van der Waals surface area contributed by atoms with Crippen LogP contribution < -0.4 is 0 Å². The fourth-order valence-electron chi connectivity index (χ4n) is 2.80. The van der Waals surface area contributed by atoms with Gasteiger partial charge in [0.05, 0.1) is 7.45 Å². The van der Waals surface area contributed by atoms with Gasteiger partial charge in [0, 0.05) is 4.11 Å². The summed E-state index contributed by atoms with van der Waals surface area (Å²) >= 11 is 0. The average molecular weight is 336 g/mol. The molecule has 134 valence electrons. The second kappa shape index (κ2) is 7.44. The summed E-state index contributed by atoms with van der Waals surface area (Å²) in [5, 5.41) is 39.0. The maximum atomic E-state index is 11.3. The second-order valence-electron chi connectivity index (χ2n) is 6.45. The zero-order valence-electron chi connectivity index (χ0n) is 17.5. The zero-order chi connectivity index (χ0) is 20.9. The van der Waals surface area contributed by atoms with E-state index in [2.05, 4.69) is 0 Å². The van der Waals surface area contributed by atoms with Gasteiger partial charge >= 0.3 is 5.97 Å². The molecule has 2 rings (SSSR count). The Kier molecular flexibility index (Phi) is 4.38. The van der Waals surface area contributed by atoms with Crippen molar-refractivity contribution < 1.29 is 40.2 Å². The highest BCUT2D eigenvalue weighted by molar-refractivity contribution is 5.73. The molecule has 0 bridgehead atoms. The summed E-state index contributed by atoms with van der Waals surface area (Å²) < 4.78 is 44.9. The molecule has 1 heterocycles. The van der Waals surface area contributed by atoms with Crippen LogP contribution in [-0.2, 0) is 14.3 Å². The fourth-order valence-corrected chi connectivity index (χ4v) is 2.80. The molecule has 0 amide bonds. The van der Waals surface area contributed by atoms with Crippen LogP contribution in [-0.4, -0.2) is 63.2 Å². The van der Waals surface area contributed by atoms with Crippen molar-refractivity contribution in [2.75, 3.05) is 0 Å². The molecule has 0 aromatic heterocycles. The lowest BCUT2D eigenvalue weighted by molar-refractivity contribution is -0.311. The first kappa shape index (κ1) is 13.5. The van der Waals surface area contributed by atoms with Crippen LogP contribution in [0.5, 0.6) is 0 Å². The monoisotopic (exact) mass is 336 g/mol. The molecule has 1 aliphatic heterocycles. The van der Waals surface area contributed by atoms with E-state index in [1.807, 2.05) is 0 Å². The third-order valence-electron chi connectivity index (χ3n) is 4.26. The van der Waals surface area contributed by atoms with Gasteiger partial charge in [-0.1, -0.05) is 27.2 Å². The Balaban J connectivity index is 2.44. The van der Waals surface area contributed by atoms with Gasteiger partial charge in [0.25, 0.3) is 0 Å². The van der Waals surface area contributed by atoms with Gasteiger partial charge in [0.2, 0.25) is 0 Å². The van der Waals surface area contributed by atoms with Crippen molar-refractivity contribution in [2.45, 2.75) is 76.8 Å². The van der Waals surface area contributed by atoms with Crippen molar-refractivity contribution in [3.63, 3.8) is 0 Å². The molecule has 23 heavy (non-hydrogen) atoms. The van der Waals surface area contributed by atoms with Gasteiger partial charge in [-0.05, 0) is 30.5 Å². The first-order chi connectivity index (χ1) is 12.2. The van der Waals surface area contributed by atoms with Gasteiger partial charge in [0.1, 0.15) is 18.3 Å². The van der Waals surface area contributed by atoms with E-state index in [4.69, 9.17) is 20.1 Å². The molecule has 2 aliphatic rings. The number of aliphatic carboxylic acids is 1. The molecule has 0 spiro atoms. The predicted molar refractivity (Wildman–Crippen MR) is 80.5 cm³/mol. The van der Waals surface area contributed by atoms with Crippen LogP contribution in [0.4, 0.5) is 0 Å². The standard InChI is InChI=1S/C16H28O7/c1-7(2)9-5-4-8(3)6-10(9)22-16-13(19)11(17)12(18)14(23-16)15(20)21/h7-14,16-19H,4-6H2,1-3H3,(H,20,21)/t8-,9+,10-,11?,12+,13?,14+,16-/m1/s1/i6D2,9D,10D. The van der Waals surface area contributed by atoms with Gasteiger partial charge < -0.3 is 29.9 Å². The summed E-state index contributed by atoms with van der Waals surface area (Å²) in [5.41, 5.74) is 0. The minimum absolute atomic E-state index is 0.158. The Bertz CT molecular complexity index is 577. The molecule has 1 saturated heterocycles. The third-order valence-corrected chi connectivity index (χ3v) is 4.26. The maximum Gasteiger partial charge on any atom is 0.335 e. The van der Waals surface area contributed by atoms with Gasteiger partial charge in [-0.3, -0.25) is 0 Å². The summed E-state index contributed by atoms with van der Waals surface area (Å²) in [6.45, 7) is 4.90. The smallest absolute Gasteiger partial charge is 0.335 e. The van der Waals surface area contributed by atoms with E-state index in [-0.39, 0.29) is 6.42 Å².